The Balaban J connectivity index is 1.54. The van der Waals surface area contributed by atoms with E-state index in [-0.39, 0.29) is 11.7 Å². The second-order valence-electron chi connectivity index (χ2n) is 6.91. The standard InChI is InChI=1S/C23H24FN3OS/c1-16-4-6-19(7-5-16)14-29-15-23(28)26-25-13-20-12-17(2)27(18(20)3)22-10-8-21(24)9-11-22/h4-13H,14-15H2,1-3H3,(H,26,28)/b25-13-. The first kappa shape index (κ1) is 20.9. The van der Waals surface area contributed by atoms with E-state index in [4.69, 9.17) is 0 Å². The third-order valence-corrected chi connectivity index (χ3v) is 5.57. The van der Waals surface area contributed by atoms with Gasteiger partial charge in [-0.3, -0.25) is 4.79 Å². The Labute approximate surface area is 174 Å². The summed E-state index contributed by atoms with van der Waals surface area (Å²) in [6, 6.07) is 16.6. The Hall–Kier alpha value is -2.86. The fourth-order valence-corrected chi connectivity index (χ4v) is 3.84. The third-order valence-electron chi connectivity index (χ3n) is 4.57. The molecule has 4 nitrogen and oxygen atoms in total. The summed E-state index contributed by atoms with van der Waals surface area (Å²) >= 11 is 1.55. The molecular formula is C23H24FN3OS. The second-order valence-corrected chi connectivity index (χ2v) is 7.90. The van der Waals surface area contributed by atoms with Gasteiger partial charge in [0.15, 0.2) is 0 Å². The van der Waals surface area contributed by atoms with E-state index in [0.717, 1.165) is 28.4 Å². The van der Waals surface area contributed by atoms with Crippen LogP contribution in [-0.2, 0) is 10.5 Å². The van der Waals surface area contributed by atoms with Gasteiger partial charge < -0.3 is 4.57 Å². The topological polar surface area (TPSA) is 46.4 Å². The smallest absolute Gasteiger partial charge is 0.250 e. The molecule has 29 heavy (non-hydrogen) atoms. The predicted octanol–water partition coefficient (Wildman–Crippen LogP) is 4.93. The summed E-state index contributed by atoms with van der Waals surface area (Å²) in [4.78, 5) is 12.0. The number of rotatable bonds is 7. The van der Waals surface area contributed by atoms with Crippen LogP contribution in [0.15, 0.2) is 59.7 Å². The molecule has 1 N–H and O–H groups in total. The maximum Gasteiger partial charge on any atom is 0.250 e. The zero-order valence-electron chi connectivity index (χ0n) is 16.8. The van der Waals surface area contributed by atoms with Gasteiger partial charge in [0.05, 0.1) is 12.0 Å². The van der Waals surface area contributed by atoms with Crippen molar-refractivity contribution in [1.82, 2.24) is 9.99 Å². The zero-order chi connectivity index (χ0) is 20.8. The molecular weight excluding hydrogens is 385 g/mol. The Morgan fingerprint density at radius 2 is 1.79 bits per heavy atom. The molecule has 0 aliphatic rings. The molecule has 1 aromatic heterocycles. The molecule has 0 fully saturated rings. The molecule has 0 spiro atoms. The van der Waals surface area contributed by atoms with Crippen molar-refractivity contribution in [2.75, 3.05) is 5.75 Å². The van der Waals surface area contributed by atoms with Crippen molar-refractivity contribution in [3.05, 3.63) is 88.5 Å². The van der Waals surface area contributed by atoms with Crippen molar-refractivity contribution in [3.63, 3.8) is 0 Å². The van der Waals surface area contributed by atoms with Gasteiger partial charge >= 0.3 is 0 Å². The summed E-state index contributed by atoms with van der Waals surface area (Å²) < 4.78 is 15.2. The Kier molecular flexibility index (Phi) is 6.88. The molecule has 0 radical (unpaired) electrons. The molecule has 0 saturated heterocycles. The van der Waals surface area contributed by atoms with Crippen molar-refractivity contribution in [3.8, 4) is 5.69 Å². The van der Waals surface area contributed by atoms with E-state index in [1.165, 1.54) is 23.3 Å². The van der Waals surface area contributed by atoms with Crippen molar-refractivity contribution < 1.29 is 9.18 Å². The number of benzene rings is 2. The fraction of sp³-hybridized carbons (Fsp3) is 0.217. The maximum atomic E-state index is 13.2. The van der Waals surface area contributed by atoms with Gasteiger partial charge in [0.25, 0.3) is 0 Å². The van der Waals surface area contributed by atoms with Gasteiger partial charge in [-0.1, -0.05) is 29.8 Å². The van der Waals surface area contributed by atoms with E-state index in [0.29, 0.717) is 5.75 Å². The second kappa shape index (κ2) is 9.56. The van der Waals surface area contributed by atoms with Crippen LogP contribution in [0.5, 0.6) is 0 Å². The van der Waals surface area contributed by atoms with Crippen molar-refractivity contribution >= 4 is 23.9 Å². The number of amides is 1. The first-order valence-corrected chi connectivity index (χ1v) is 10.5. The molecule has 0 unspecified atom stereocenters. The van der Waals surface area contributed by atoms with Gasteiger partial charge in [-0.05, 0) is 56.7 Å². The highest BCUT2D eigenvalue weighted by Crippen LogP contribution is 2.20. The summed E-state index contributed by atoms with van der Waals surface area (Å²) in [5.74, 6) is 0.738. The fourth-order valence-electron chi connectivity index (χ4n) is 3.06. The van der Waals surface area contributed by atoms with Gasteiger partial charge in [-0.25, -0.2) is 9.82 Å². The van der Waals surface area contributed by atoms with Crippen LogP contribution < -0.4 is 5.43 Å². The normalized spacial score (nSPS) is 11.2. The number of nitrogens with zero attached hydrogens (tertiary/aromatic N) is 2. The summed E-state index contributed by atoms with van der Waals surface area (Å²) in [5, 5.41) is 4.09. The number of aryl methyl sites for hydroxylation is 2. The van der Waals surface area contributed by atoms with Crippen LogP contribution in [0.1, 0.15) is 28.1 Å². The number of hydrazone groups is 1. The number of carbonyl (C=O) groups is 1. The minimum atomic E-state index is -0.263. The molecule has 3 rings (SSSR count). The number of halogens is 1. The summed E-state index contributed by atoms with van der Waals surface area (Å²) in [6.07, 6.45) is 1.64. The number of hydrogen-bond acceptors (Lipinski definition) is 3. The molecule has 1 amide bonds. The quantitative estimate of drug-likeness (QED) is 0.444. The Morgan fingerprint density at radius 1 is 1.10 bits per heavy atom. The number of thioether (sulfide) groups is 1. The lowest BCUT2D eigenvalue weighted by atomic mass is 10.2. The zero-order valence-corrected chi connectivity index (χ0v) is 17.6. The van der Waals surface area contributed by atoms with Gasteiger partial charge in [0.2, 0.25) is 5.91 Å². The minimum Gasteiger partial charge on any atom is -0.318 e. The first-order chi connectivity index (χ1) is 13.9. The van der Waals surface area contributed by atoms with E-state index in [2.05, 4.69) is 41.7 Å². The monoisotopic (exact) mass is 409 g/mol. The highest BCUT2D eigenvalue weighted by atomic mass is 32.2. The number of hydrogen-bond donors (Lipinski definition) is 1. The van der Waals surface area contributed by atoms with E-state index in [9.17, 15) is 9.18 Å². The first-order valence-electron chi connectivity index (χ1n) is 9.34. The molecule has 0 saturated carbocycles. The van der Waals surface area contributed by atoms with Crippen LogP contribution in [0.2, 0.25) is 0 Å². The van der Waals surface area contributed by atoms with Gasteiger partial charge in [-0.15, -0.1) is 11.8 Å². The van der Waals surface area contributed by atoms with Crippen LogP contribution in [-0.4, -0.2) is 22.4 Å². The number of carbonyl (C=O) groups excluding carboxylic acids is 1. The molecule has 150 valence electrons. The molecule has 0 atom stereocenters. The Morgan fingerprint density at radius 3 is 2.48 bits per heavy atom. The van der Waals surface area contributed by atoms with Crippen LogP contribution in [0.25, 0.3) is 5.69 Å². The van der Waals surface area contributed by atoms with Crippen molar-refractivity contribution in [2.24, 2.45) is 5.10 Å². The summed E-state index contributed by atoms with van der Waals surface area (Å²) in [6.45, 7) is 6.00. The van der Waals surface area contributed by atoms with Crippen molar-refractivity contribution in [1.29, 1.82) is 0 Å². The highest BCUT2D eigenvalue weighted by molar-refractivity contribution is 7.99. The lowest BCUT2D eigenvalue weighted by Gasteiger charge is -2.09. The largest absolute Gasteiger partial charge is 0.318 e. The van der Waals surface area contributed by atoms with Crippen LogP contribution in [0.3, 0.4) is 0 Å². The lowest BCUT2D eigenvalue weighted by Crippen LogP contribution is -2.19. The third kappa shape index (κ3) is 5.57. The number of aromatic nitrogens is 1. The minimum absolute atomic E-state index is 0.134. The molecule has 0 aliphatic heterocycles. The van der Waals surface area contributed by atoms with Gasteiger partial charge in [-0.2, -0.15) is 5.10 Å². The molecule has 1 heterocycles. The van der Waals surface area contributed by atoms with Crippen LogP contribution >= 0.6 is 11.8 Å². The molecule has 0 aliphatic carbocycles. The average Bonchev–Trinajstić information content (AvgIpc) is 2.98. The molecule has 3 aromatic rings. The van der Waals surface area contributed by atoms with E-state index < -0.39 is 0 Å². The van der Waals surface area contributed by atoms with Crippen molar-refractivity contribution in [2.45, 2.75) is 26.5 Å². The predicted molar refractivity (Wildman–Crippen MR) is 118 cm³/mol. The van der Waals surface area contributed by atoms with Crippen LogP contribution in [0.4, 0.5) is 4.39 Å². The molecule has 2 aromatic carbocycles. The van der Waals surface area contributed by atoms with Gasteiger partial charge in [0.1, 0.15) is 5.82 Å². The highest BCUT2D eigenvalue weighted by Gasteiger charge is 2.09. The molecule has 0 bridgehead atoms. The van der Waals surface area contributed by atoms with E-state index >= 15 is 0 Å². The van der Waals surface area contributed by atoms with E-state index in [1.807, 2.05) is 24.5 Å². The summed E-state index contributed by atoms with van der Waals surface area (Å²) in [5.41, 5.74) is 8.78. The maximum absolute atomic E-state index is 13.2. The Bertz CT molecular complexity index is 1010. The average molecular weight is 410 g/mol. The van der Waals surface area contributed by atoms with Crippen LogP contribution in [0, 0.1) is 26.6 Å². The summed E-state index contributed by atoms with van der Waals surface area (Å²) in [7, 11) is 0. The van der Waals surface area contributed by atoms with E-state index in [1.54, 1.807) is 30.1 Å². The molecule has 6 heteroatoms. The SMILES string of the molecule is Cc1ccc(CSCC(=O)N/N=C\c2cc(C)n(-c3ccc(F)cc3)c2C)cc1. The number of nitrogens with one attached hydrogen (secondary N) is 1. The van der Waals surface area contributed by atoms with Gasteiger partial charge in [0, 0.05) is 28.4 Å². The lowest BCUT2D eigenvalue weighted by molar-refractivity contribution is -0.118.